The van der Waals surface area contributed by atoms with Gasteiger partial charge in [0.2, 0.25) is 5.91 Å². The molecule has 3 aromatic rings. The van der Waals surface area contributed by atoms with Crippen molar-refractivity contribution in [3.8, 4) is 0 Å². The topological polar surface area (TPSA) is 75.0 Å². The quantitative estimate of drug-likeness (QED) is 0.721. The Hall–Kier alpha value is -2.82. The average molecular weight is 334 g/mol. The summed E-state index contributed by atoms with van der Waals surface area (Å²) in [6, 6.07) is 11.9. The van der Waals surface area contributed by atoms with E-state index in [0.29, 0.717) is 12.8 Å². The molecule has 2 aromatic carbocycles. The Morgan fingerprint density at radius 2 is 2.12 bits per heavy atom. The molecule has 2 heterocycles. The van der Waals surface area contributed by atoms with Crippen LogP contribution >= 0.6 is 0 Å². The van der Waals surface area contributed by atoms with Crippen LogP contribution in [0.2, 0.25) is 0 Å². The van der Waals surface area contributed by atoms with Gasteiger partial charge in [-0.1, -0.05) is 18.2 Å². The number of aromatic nitrogens is 2. The summed E-state index contributed by atoms with van der Waals surface area (Å²) in [6.45, 7) is 2.81. The van der Waals surface area contributed by atoms with Crippen LogP contribution in [0.5, 0.6) is 0 Å². The van der Waals surface area contributed by atoms with E-state index in [2.05, 4.69) is 9.97 Å². The van der Waals surface area contributed by atoms with Crippen LogP contribution in [0.1, 0.15) is 29.8 Å². The van der Waals surface area contributed by atoms with Gasteiger partial charge in [-0.3, -0.25) is 4.79 Å². The number of amides is 1. The Kier molecular flexibility index (Phi) is 3.92. The monoisotopic (exact) mass is 334 g/mol. The average Bonchev–Trinajstić information content (AvgIpc) is 3.04. The van der Waals surface area contributed by atoms with Crippen LogP contribution in [0.25, 0.3) is 11.0 Å². The van der Waals surface area contributed by atoms with Crippen LogP contribution in [-0.4, -0.2) is 22.4 Å². The number of nitrogens with two attached hydrogens (primary N) is 1. The fraction of sp³-hybridized carbons (Fsp3) is 0.300. The van der Waals surface area contributed by atoms with Crippen LogP contribution in [0, 0.1) is 6.92 Å². The number of carbonyl (C=O) groups is 1. The van der Waals surface area contributed by atoms with Gasteiger partial charge in [0.05, 0.1) is 11.0 Å². The van der Waals surface area contributed by atoms with E-state index in [0.717, 1.165) is 58.7 Å². The normalized spacial score (nSPS) is 13.9. The maximum atomic E-state index is 12.8. The van der Waals surface area contributed by atoms with Crippen molar-refractivity contribution in [1.82, 2.24) is 9.97 Å². The van der Waals surface area contributed by atoms with Crippen molar-refractivity contribution < 1.29 is 4.79 Å². The zero-order valence-corrected chi connectivity index (χ0v) is 14.4. The molecule has 0 bridgehead atoms. The summed E-state index contributed by atoms with van der Waals surface area (Å²) in [5.74, 6) is 0.992. The van der Waals surface area contributed by atoms with Crippen molar-refractivity contribution >= 4 is 28.3 Å². The molecular weight excluding hydrogens is 312 g/mol. The molecule has 0 fully saturated rings. The largest absolute Gasteiger partial charge is 0.398 e. The van der Waals surface area contributed by atoms with E-state index >= 15 is 0 Å². The van der Waals surface area contributed by atoms with Gasteiger partial charge in [-0.05, 0) is 49.1 Å². The number of aryl methyl sites for hydroxylation is 2. The van der Waals surface area contributed by atoms with Gasteiger partial charge < -0.3 is 15.6 Å². The zero-order chi connectivity index (χ0) is 17.4. The van der Waals surface area contributed by atoms with Gasteiger partial charge in [0.1, 0.15) is 5.82 Å². The van der Waals surface area contributed by atoms with E-state index in [1.165, 1.54) is 0 Å². The second kappa shape index (κ2) is 6.24. The number of anilines is 2. The first-order valence-corrected chi connectivity index (χ1v) is 8.75. The van der Waals surface area contributed by atoms with Crippen LogP contribution < -0.4 is 10.6 Å². The molecule has 1 aliphatic rings. The third-order valence-electron chi connectivity index (χ3n) is 4.93. The minimum absolute atomic E-state index is 0.128. The van der Waals surface area contributed by atoms with E-state index in [4.69, 9.17) is 5.73 Å². The van der Waals surface area contributed by atoms with Crippen LogP contribution in [0.4, 0.5) is 11.4 Å². The number of benzene rings is 2. The SMILES string of the molecule is Cc1cccc2[nH]c(CCC(=O)N3CCCc4c(N)cccc43)nc12. The number of hydrogen-bond donors (Lipinski definition) is 2. The van der Waals surface area contributed by atoms with Gasteiger partial charge >= 0.3 is 0 Å². The first-order chi connectivity index (χ1) is 12.1. The number of H-pyrrole nitrogens is 1. The molecular formula is C20H22N4O. The van der Waals surface area contributed by atoms with Gasteiger partial charge in [0.15, 0.2) is 0 Å². The lowest BCUT2D eigenvalue weighted by Crippen LogP contribution is -2.35. The second-order valence-corrected chi connectivity index (χ2v) is 6.65. The van der Waals surface area contributed by atoms with E-state index in [1.54, 1.807) is 0 Å². The fourth-order valence-corrected chi connectivity index (χ4v) is 3.62. The van der Waals surface area contributed by atoms with Crippen LogP contribution in [0.3, 0.4) is 0 Å². The van der Waals surface area contributed by atoms with Gasteiger partial charge in [0.25, 0.3) is 0 Å². The molecule has 1 amide bonds. The number of aromatic amines is 1. The highest BCUT2D eigenvalue weighted by atomic mass is 16.2. The number of nitrogen functional groups attached to an aromatic ring is 1. The zero-order valence-electron chi connectivity index (χ0n) is 14.4. The van der Waals surface area contributed by atoms with Gasteiger partial charge in [-0.25, -0.2) is 4.98 Å². The highest BCUT2D eigenvalue weighted by molar-refractivity contribution is 5.95. The number of hydrogen-bond acceptors (Lipinski definition) is 3. The van der Waals surface area contributed by atoms with Crippen molar-refractivity contribution in [1.29, 1.82) is 0 Å². The lowest BCUT2D eigenvalue weighted by atomic mass is 9.99. The smallest absolute Gasteiger partial charge is 0.227 e. The number of fused-ring (bicyclic) bond motifs is 2. The number of para-hydroxylation sites is 1. The Morgan fingerprint density at radius 3 is 2.96 bits per heavy atom. The molecule has 0 saturated carbocycles. The van der Waals surface area contributed by atoms with Gasteiger partial charge in [0, 0.05) is 30.8 Å². The summed E-state index contributed by atoms with van der Waals surface area (Å²) in [6.07, 6.45) is 2.94. The first kappa shape index (κ1) is 15.7. The molecule has 0 unspecified atom stereocenters. The molecule has 3 N–H and O–H groups in total. The van der Waals surface area contributed by atoms with E-state index in [1.807, 2.05) is 48.2 Å². The van der Waals surface area contributed by atoms with Crippen molar-refractivity contribution in [3.63, 3.8) is 0 Å². The third kappa shape index (κ3) is 2.86. The van der Waals surface area contributed by atoms with E-state index < -0.39 is 0 Å². The molecule has 0 radical (unpaired) electrons. The Morgan fingerprint density at radius 1 is 1.28 bits per heavy atom. The van der Waals surface area contributed by atoms with Crippen molar-refractivity contribution in [3.05, 3.63) is 53.3 Å². The van der Waals surface area contributed by atoms with Crippen molar-refractivity contribution in [2.45, 2.75) is 32.6 Å². The Labute approximate surface area is 146 Å². The van der Waals surface area contributed by atoms with Crippen molar-refractivity contribution in [2.24, 2.45) is 0 Å². The van der Waals surface area contributed by atoms with E-state index in [9.17, 15) is 4.79 Å². The lowest BCUT2D eigenvalue weighted by Gasteiger charge is -2.30. The maximum absolute atomic E-state index is 12.8. The minimum atomic E-state index is 0.128. The third-order valence-corrected chi connectivity index (χ3v) is 4.93. The molecule has 0 saturated heterocycles. The molecule has 0 atom stereocenters. The highest BCUT2D eigenvalue weighted by Crippen LogP contribution is 2.31. The van der Waals surface area contributed by atoms with E-state index in [-0.39, 0.29) is 5.91 Å². The Balaban J connectivity index is 1.51. The molecule has 128 valence electrons. The number of nitrogens with zero attached hydrogens (tertiary/aromatic N) is 2. The van der Waals surface area contributed by atoms with Crippen LogP contribution in [-0.2, 0) is 17.6 Å². The summed E-state index contributed by atoms with van der Waals surface area (Å²) in [5.41, 5.74) is 12.1. The second-order valence-electron chi connectivity index (χ2n) is 6.65. The summed E-state index contributed by atoms with van der Waals surface area (Å²) in [5, 5.41) is 0. The summed E-state index contributed by atoms with van der Waals surface area (Å²) < 4.78 is 0. The van der Waals surface area contributed by atoms with Crippen LogP contribution in [0.15, 0.2) is 36.4 Å². The summed E-state index contributed by atoms with van der Waals surface area (Å²) in [4.78, 5) is 22.6. The molecule has 4 rings (SSSR count). The molecule has 1 aromatic heterocycles. The number of carbonyl (C=O) groups excluding carboxylic acids is 1. The standard InChI is InChI=1S/C20H22N4O/c1-13-5-2-8-16-20(13)23-18(22-16)10-11-19(25)24-12-4-6-14-15(21)7-3-9-17(14)24/h2-3,5,7-9H,4,6,10-12,21H2,1H3,(H,22,23). The molecule has 5 nitrogen and oxygen atoms in total. The fourth-order valence-electron chi connectivity index (χ4n) is 3.62. The molecule has 5 heteroatoms. The summed E-state index contributed by atoms with van der Waals surface area (Å²) in [7, 11) is 0. The molecule has 0 spiro atoms. The highest BCUT2D eigenvalue weighted by Gasteiger charge is 2.23. The maximum Gasteiger partial charge on any atom is 0.227 e. The number of rotatable bonds is 3. The minimum Gasteiger partial charge on any atom is -0.398 e. The van der Waals surface area contributed by atoms with Crippen molar-refractivity contribution in [2.75, 3.05) is 17.2 Å². The van der Waals surface area contributed by atoms with Gasteiger partial charge in [-0.2, -0.15) is 0 Å². The Bertz CT molecular complexity index is 944. The predicted octanol–water partition coefficient (Wildman–Crippen LogP) is 3.37. The lowest BCUT2D eigenvalue weighted by molar-refractivity contribution is -0.118. The summed E-state index contributed by atoms with van der Waals surface area (Å²) >= 11 is 0. The number of imidazole rings is 1. The first-order valence-electron chi connectivity index (χ1n) is 8.75. The van der Waals surface area contributed by atoms with Gasteiger partial charge in [-0.15, -0.1) is 0 Å². The molecule has 1 aliphatic heterocycles. The number of nitrogens with one attached hydrogen (secondary N) is 1. The molecule has 0 aliphatic carbocycles. The molecule has 25 heavy (non-hydrogen) atoms. The predicted molar refractivity (Wildman–Crippen MR) is 101 cm³/mol.